The van der Waals surface area contributed by atoms with Crippen molar-refractivity contribution in [1.82, 2.24) is 0 Å². The van der Waals surface area contributed by atoms with E-state index in [1.165, 1.54) is 6.21 Å². The standard InChI is InChI=1S/C29H43NO9/c1-16-25(33)22(31)12-24(38-16)39-18-3-8-27(15-30-36)20-4-7-26(2)19(17-11-23(32)37-14-17)6-10-29(26,35)21(20)5-9-28(27,34)13-18/h11,15-16,18-22,24-25,31,33-36H,3-10,12-14H2,1-2H3/t16?,18?,19-,20-,21?,22?,24?,25?,26+,27-,28?,29?/m0/s1. The number of esters is 1. The molecule has 0 aromatic heterocycles. The minimum Gasteiger partial charge on any atom is -0.458 e. The van der Waals surface area contributed by atoms with Crippen molar-refractivity contribution >= 4 is 12.2 Å². The van der Waals surface area contributed by atoms with Crippen molar-refractivity contribution in [2.45, 2.75) is 120 Å². The zero-order valence-electron chi connectivity index (χ0n) is 22.9. The van der Waals surface area contributed by atoms with Crippen LogP contribution >= 0.6 is 0 Å². The second-order valence-corrected chi connectivity index (χ2v) is 13.4. The van der Waals surface area contributed by atoms with Crippen LogP contribution in [0.1, 0.15) is 78.1 Å². The van der Waals surface area contributed by atoms with Gasteiger partial charge in [-0.15, -0.1) is 5.16 Å². The van der Waals surface area contributed by atoms with Crippen LogP contribution in [0.5, 0.6) is 0 Å². The molecule has 2 heterocycles. The van der Waals surface area contributed by atoms with Gasteiger partial charge in [0.2, 0.25) is 0 Å². The van der Waals surface area contributed by atoms with E-state index >= 15 is 0 Å². The molecule has 0 spiro atoms. The average Bonchev–Trinajstić information content (AvgIpc) is 3.42. The molecule has 6 aliphatic rings. The summed E-state index contributed by atoms with van der Waals surface area (Å²) in [6.07, 6.45) is 5.36. The summed E-state index contributed by atoms with van der Waals surface area (Å²) in [5.74, 6) is -0.372. The molecule has 2 aliphatic heterocycles. The van der Waals surface area contributed by atoms with Crippen LogP contribution in [0.15, 0.2) is 16.8 Å². The second-order valence-electron chi connectivity index (χ2n) is 13.4. The minimum atomic E-state index is -1.18. The van der Waals surface area contributed by atoms with E-state index in [2.05, 4.69) is 12.1 Å². The van der Waals surface area contributed by atoms with E-state index in [1.54, 1.807) is 13.0 Å². The van der Waals surface area contributed by atoms with Crippen LogP contribution in [0.2, 0.25) is 0 Å². The van der Waals surface area contributed by atoms with E-state index in [4.69, 9.17) is 14.2 Å². The molecule has 10 nitrogen and oxygen atoms in total. The molecule has 0 radical (unpaired) electrons. The van der Waals surface area contributed by atoms with E-state index in [0.29, 0.717) is 45.1 Å². The van der Waals surface area contributed by atoms with Gasteiger partial charge in [0.15, 0.2) is 6.29 Å². The van der Waals surface area contributed by atoms with Crippen LogP contribution in [0.3, 0.4) is 0 Å². The third-order valence-corrected chi connectivity index (χ3v) is 11.9. The number of carbonyl (C=O) groups excluding carboxylic acids is 1. The van der Waals surface area contributed by atoms with Gasteiger partial charge in [-0.05, 0) is 81.6 Å². The summed E-state index contributed by atoms with van der Waals surface area (Å²) in [5, 5.41) is 58.2. The van der Waals surface area contributed by atoms with Gasteiger partial charge in [-0.2, -0.15) is 0 Å². The number of rotatable bonds is 4. The molecule has 6 rings (SSSR count). The van der Waals surface area contributed by atoms with Crippen molar-refractivity contribution in [3.05, 3.63) is 11.6 Å². The molecule has 0 amide bonds. The molecule has 218 valence electrons. The van der Waals surface area contributed by atoms with Gasteiger partial charge in [0.25, 0.3) is 0 Å². The minimum absolute atomic E-state index is 0.0664. The fourth-order valence-electron chi connectivity index (χ4n) is 9.89. The molecular weight excluding hydrogens is 506 g/mol. The fraction of sp³-hybridized carbons (Fsp3) is 0.862. The summed E-state index contributed by atoms with van der Waals surface area (Å²) < 4.78 is 17.2. The van der Waals surface area contributed by atoms with Crippen LogP contribution in [-0.2, 0) is 19.0 Å². The molecule has 5 fully saturated rings. The second kappa shape index (κ2) is 9.49. The Bertz CT molecular complexity index is 1040. The molecule has 0 aromatic rings. The number of hydrogen-bond acceptors (Lipinski definition) is 10. The Balaban J connectivity index is 1.24. The SMILES string of the molecule is CC1OC(OC2CC[C@]3(C=NO)[C@H]4CC[C@]5(C)[C@H](C6=CC(=O)OC6)CCC5(O)C4CCC3(O)C2)CC(O)C1O. The first-order valence-electron chi connectivity index (χ1n) is 14.6. The number of carbonyl (C=O) groups is 1. The monoisotopic (exact) mass is 549 g/mol. The average molecular weight is 550 g/mol. The van der Waals surface area contributed by atoms with E-state index in [0.717, 1.165) is 24.8 Å². The number of cyclic esters (lactones) is 1. The Labute approximate surface area is 229 Å². The van der Waals surface area contributed by atoms with Gasteiger partial charge < -0.3 is 39.8 Å². The van der Waals surface area contributed by atoms with Crippen LogP contribution in [0.25, 0.3) is 0 Å². The predicted octanol–water partition coefficient (Wildman–Crippen LogP) is 2.04. The summed E-state index contributed by atoms with van der Waals surface area (Å²) in [6, 6.07) is 0. The number of aliphatic hydroxyl groups excluding tert-OH is 2. The predicted molar refractivity (Wildman–Crippen MR) is 138 cm³/mol. The van der Waals surface area contributed by atoms with Gasteiger partial charge in [-0.3, -0.25) is 0 Å². The van der Waals surface area contributed by atoms with Gasteiger partial charge in [0.05, 0.1) is 35.7 Å². The normalized spacial score (nSPS) is 53.6. The van der Waals surface area contributed by atoms with Gasteiger partial charge >= 0.3 is 5.97 Å². The molecule has 5 N–H and O–H groups in total. The van der Waals surface area contributed by atoms with Crippen LogP contribution in [-0.4, -0.2) is 86.3 Å². The van der Waals surface area contributed by atoms with Crippen molar-refractivity contribution < 1.29 is 44.6 Å². The molecule has 1 saturated heterocycles. The lowest BCUT2D eigenvalue weighted by atomic mass is 9.41. The highest BCUT2D eigenvalue weighted by Gasteiger charge is 2.71. The maximum Gasteiger partial charge on any atom is 0.331 e. The molecule has 39 heavy (non-hydrogen) atoms. The summed E-state index contributed by atoms with van der Waals surface area (Å²) >= 11 is 0. The molecule has 0 aromatic carbocycles. The molecule has 10 heteroatoms. The van der Waals surface area contributed by atoms with Crippen molar-refractivity contribution in [2.75, 3.05) is 6.61 Å². The molecular formula is C29H43NO9. The lowest BCUT2D eigenvalue weighted by molar-refractivity contribution is -0.282. The summed E-state index contributed by atoms with van der Waals surface area (Å²) in [5.41, 5.74) is -2.37. The molecule has 4 aliphatic carbocycles. The number of fused-ring (bicyclic) bond motifs is 5. The van der Waals surface area contributed by atoms with E-state index in [-0.39, 0.29) is 36.2 Å². The van der Waals surface area contributed by atoms with E-state index in [1.807, 2.05) is 0 Å². The third-order valence-electron chi connectivity index (χ3n) is 11.9. The van der Waals surface area contributed by atoms with E-state index in [9.17, 15) is 30.4 Å². The Morgan fingerprint density at radius 2 is 1.85 bits per heavy atom. The lowest BCUT2D eigenvalue weighted by Gasteiger charge is -2.65. The van der Waals surface area contributed by atoms with Crippen molar-refractivity contribution in [1.29, 1.82) is 0 Å². The topological polar surface area (TPSA) is 158 Å². The zero-order valence-corrected chi connectivity index (χ0v) is 22.9. The largest absolute Gasteiger partial charge is 0.458 e. The quantitative estimate of drug-likeness (QED) is 0.116. The Kier molecular flexibility index (Phi) is 6.72. The van der Waals surface area contributed by atoms with Crippen molar-refractivity contribution in [2.24, 2.45) is 33.7 Å². The number of oxime groups is 1. The van der Waals surface area contributed by atoms with Crippen LogP contribution in [0.4, 0.5) is 0 Å². The number of nitrogens with zero attached hydrogens (tertiary/aromatic N) is 1. The highest BCUT2D eigenvalue weighted by atomic mass is 16.7. The Morgan fingerprint density at radius 3 is 2.54 bits per heavy atom. The summed E-state index contributed by atoms with van der Waals surface area (Å²) in [4.78, 5) is 11.8. The summed E-state index contributed by atoms with van der Waals surface area (Å²) in [7, 11) is 0. The molecule has 4 saturated carbocycles. The molecule has 12 atom stereocenters. The number of ether oxygens (including phenoxy) is 3. The molecule has 8 unspecified atom stereocenters. The third kappa shape index (κ3) is 3.96. The number of aliphatic hydroxyl groups is 4. The van der Waals surface area contributed by atoms with Crippen LogP contribution < -0.4 is 0 Å². The zero-order chi connectivity index (χ0) is 27.8. The van der Waals surface area contributed by atoms with Gasteiger partial charge in [-0.1, -0.05) is 6.92 Å². The Morgan fingerprint density at radius 1 is 1.08 bits per heavy atom. The highest BCUT2D eigenvalue weighted by Crippen LogP contribution is 2.70. The van der Waals surface area contributed by atoms with Crippen molar-refractivity contribution in [3.63, 3.8) is 0 Å². The highest BCUT2D eigenvalue weighted by molar-refractivity contribution is 5.85. The maximum atomic E-state index is 12.4. The number of hydrogen-bond donors (Lipinski definition) is 5. The van der Waals surface area contributed by atoms with Crippen LogP contribution in [0, 0.1) is 28.6 Å². The first-order valence-corrected chi connectivity index (χ1v) is 14.6. The smallest absolute Gasteiger partial charge is 0.331 e. The van der Waals surface area contributed by atoms with Gasteiger partial charge in [-0.25, -0.2) is 4.79 Å². The van der Waals surface area contributed by atoms with Gasteiger partial charge in [0, 0.05) is 29.7 Å². The first kappa shape index (κ1) is 27.6. The molecule has 0 bridgehead atoms. The fourth-order valence-corrected chi connectivity index (χ4v) is 9.89. The first-order chi connectivity index (χ1) is 18.5. The lowest BCUT2D eigenvalue weighted by Crippen LogP contribution is -2.69. The maximum absolute atomic E-state index is 12.4. The summed E-state index contributed by atoms with van der Waals surface area (Å²) in [6.45, 7) is 4.15. The van der Waals surface area contributed by atoms with Gasteiger partial charge in [0.1, 0.15) is 12.7 Å². The Hall–Kier alpha value is -1.56. The van der Waals surface area contributed by atoms with E-state index < -0.39 is 46.6 Å². The van der Waals surface area contributed by atoms with Crippen molar-refractivity contribution in [3.8, 4) is 0 Å².